The molecule has 1 fully saturated rings. The molecule has 7 heteroatoms. The third kappa shape index (κ3) is 5.84. The van der Waals surface area contributed by atoms with E-state index >= 15 is 0 Å². The third-order valence-electron chi connectivity index (χ3n) is 4.58. The van der Waals surface area contributed by atoms with E-state index in [1.165, 1.54) is 5.56 Å². The largest absolute Gasteiger partial charge is 0.493 e. The highest BCUT2D eigenvalue weighted by atomic mass is 16.6. The van der Waals surface area contributed by atoms with Gasteiger partial charge in [-0.25, -0.2) is 0 Å². The monoisotopic (exact) mass is 337 g/mol. The molecule has 1 saturated heterocycles. The van der Waals surface area contributed by atoms with E-state index in [0.717, 1.165) is 25.1 Å². The quantitative estimate of drug-likeness (QED) is 0.509. The summed E-state index contributed by atoms with van der Waals surface area (Å²) in [6.45, 7) is 5.41. The number of benzene rings is 1. The first-order chi connectivity index (χ1) is 11.6. The van der Waals surface area contributed by atoms with Gasteiger partial charge in [-0.05, 0) is 12.5 Å². The third-order valence-corrected chi connectivity index (χ3v) is 4.58. The molecular weight excluding hydrogens is 307 g/mol. The molecule has 1 heterocycles. The molecule has 134 valence electrons. The van der Waals surface area contributed by atoms with Gasteiger partial charge in [0.25, 0.3) is 0 Å². The van der Waals surface area contributed by atoms with E-state index < -0.39 is 0 Å². The van der Waals surface area contributed by atoms with Crippen LogP contribution < -0.4 is 5.46 Å². The highest BCUT2D eigenvalue weighted by molar-refractivity contribution is 6.61. The average Bonchev–Trinajstić information content (AvgIpc) is 2.52. The van der Waals surface area contributed by atoms with Gasteiger partial charge in [0.05, 0.1) is 20.3 Å². The normalized spacial score (nSPS) is 17.6. The van der Waals surface area contributed by atoms with Gasteiger partial charge in [-0.3, -0.25) is 0 Å². The number of rotatable bonds is 7. The van der Waals surface area contributed by atoms with Crippen molar-refractivity contribution in [1.82, 2.24) is 4.90 Å². The fourth-order valence-corrected chi connectivity index (χ4v) is 2.96. The van der Waals surface area contributed by atoms with E-state index in [4.69, 9.17) is 9.31 Å². The summed E-state index contributed by atoms with van der Waals surface area (Å²) < 4.78 is 12.3. The van der Waals surface area contributed by atoms with Crippen LogP contribution >= 0.6 is 0 Å². The van der Waals surface area contributed by atoms with Crippen molar-refractivity contribution in [2.45, 2.75) is 6.54 Å². The van der Waals surface area contributed by atoms with Crippen LogP contribution in [0.2, 0.25) is 0 Å². The van der Waals surface area contributed by atoms with Crippen molar-refractivity contribution in [2.75, 3.05) is 66.7 Å². The maximum atomic E-state index is 9.26. The lowest BCUT2D eigenvalue weighted by Crippen LogP contribution is -2.47. The Kier molecular flexibility index (Phi) is 7.67. The number of hydrogen-bond acceptors (Lipinski definition) is 5. The van der Waals surface area contributed by atoms with Gasteiger partial charge in [0.2, 0.25) is 0 Å². The lowest BCUT2D eigenvalue weighted by Gasteiger charge is -2.33. The molecule has 0 radical (unpaired) electrons. The average molecular weight is 337 g/mol. The summed E-state index contributed by atoms with van der Waals surface area (Å²) in [6.07, 6.45) is 0. The Morgan fingerprint density at radius 2 is 1.58 bits per heavy atom. The summed E-state index contributed by atoms with van der Waals surface area (Å²) in [5.41, 5.74) is 2.20. The van der Waals surface area contributed by atoms with Crippen molar-refractivity contribution < 1.29 is 24.0 Å². The minimum atomic E-state index is -0.302. The van der Waals surface area contributed by atoms with Gasteiger partial charge >= 0.3 is 7.12 Å². The van der Waals surface area contributed by atoms with Gasteiger partial charge in [-0.2, -0.15) is 0 Å². The molecule has 24 heavy (non-hydrogen) atoms. The van der Waals surface area contributed by atoms with Crippen LogP contribution in [0.1, 0.15) is 5.56 Å². The Morgan fingerprint density at radius 3 is 2.08 bits per heavy atom. The molecule has 0 saturated carbocycles. The van der Waals surface area contributed by atoms with Gasteiger partial charge in [0.1, 0.15) is 19.6 Å². The Morgan fingerprint density at radius 1 is 1.04 bits per heavy atom. The zero-order valence-electron chi connectivity index (χ0n) is 14.9. The molecule has 2 N–H and O–H groups in total. The van der Waals surface area contributed by atoms with Crippen LogP contribution in [0.4, 0.5) is 0 Å². The molecule has 6 nitrogen and oxygen atoms in total. The zero-order valence-corrected chi connectivity index (χ0v) is 14.9. The van der Waals surface area contributed by atoms with Crippen molar-refractivity contribution in [3.8, 4) is 0 Å². The number of likely N-dealkylation sites (N-methyl/N-ethyl adjacent to an activating group) is 2. The standard InChI is InChI=1S/C17H30BN2O4/c1-19-7-13-23-18(24-14-8-19)17-5-3-16(4-6-17)15-20(2,9-11-21)10-12-22/h3-6,21-22H,7-15H2,1-2H3/q+1. The first-order valence-corrected chi connectivity index (χ1v) is 8.62. The van der Waals surface area contributed by atoms with Gasteiger partial charge in [-0.1, -0.05) is 24.3 Å². The summed E-state index contributed by atoms with van der Waals surface area (Å²) in [4.78, 5) is 2.19. The molecule has 0 aromatic heterocycles. The zero-order chi connectivity index (χ0) is 17.4. The molecule has 0 atom stereocenters. The van der Waals surface area contributed by atoms with Gasteiger partial charge in [0.15, 0.2) is 0 Å². The topological polar surface area (TPSA) is 62.2 Å². The minimum absolute atomic E-state index is 0.118. The van der Waals surface area contributed by atoms with Crippen molar-refractivity contribution in [2.24, 2.45) is 0 Å². The van der Waals surface area contributed by atoms with Crippen LogP contribution in [-0.2, 0) is 15.9 Å². The molecular formula is C17H30BN2O4+. The van der Waals surface area contributed by atoms with E-state index in [-0.39, 0.29) is 20.3 Å². The van der Waals surface area contributed by atoms with E-state index in [0.29, 0.717) is 30.8 Å². The molecule has 0 aliphatic carbocycles. The second-order valence-electron chi connectivity index (χ2n) is 6.79. The summed E-state index contributed by atoms with van der Waals surface area (Å²) in [5.74, 6) is 0. The van der Waals surface area contributed by atoms with Crippen molar-refractivity contribution >= 4 is 12.6 Å². The van der Waals surface area contributed by atoms with Gasteiger partial charge in [-0.15, -0.1) is 0 Å². The Labute approximate surface area is 145 Å². The Bertz CT molecular complexity index is 470. The number of quaternary nitrogens is 1. The van der Waals surface area contributed by atoms with Crippen LogP contribution in [0.3, 0.4) is 0 Å². The summed E-state index contributed by atoms with van der Waals surface area (Å²) in [5, 5.41) is 18.5. The van der Waals surface area contributed by atoms with E-state index in [2.05, 4.69) is 31.1 Å². The number of nitrogens with zero attached hydrogens (tertiary/aromatic N) is 2. The lowest BCUT2D eigenvalue weighted by atomic mass is 9.78. The summed E-state index contributed by atoms with van der Waals surface area (Å²) >= 11 is 0. The number of hydrogen-bond donors (Lipinski definition) is 2. The fourth-order valence-electron chi connectivity index (χ4n) is 2.96. The molecule has 1 aliphatic heterocycles. The Hall–Kier alpha value is -0.955. The maximum Gasteiger partial charge on any atom is 0.493 e. The van der Waals surface area contributed by atoms with E-state index in [1.54, 1.807) is 0 Å². The summed E-state index contributed by atoms with van der Waals surface area (Å²) in [6, 6.07) is 8.26. The lowest BCUT2D eigenvalue weighted by molar-refractivity contribution is -0.923. The predicted octanol–water partition coefficient (Wildman–Crippen LogP) is -0.708. The van der Waals surface area contributed by atoms with Crippen LogP contribution in [0.15, 0.2) is 24.3 Å². The molecule has 0 unspecified atom stereocenters. The van der Waals surface area contributed by atoms with Crippen LogP contribution in [-0.4, -0.2) is 93.4 Å². The van der Waals surface area contributed by atoms with Crippen molar-refractivity contribution in [1.29, 1.82) is 0 Å². The molecule has 1 aliphatic rings. The summed E-state index contributed by atoms with van der Waals surface area (Å²) in [7, 11) is 3.82. The second-order valence-corrected chi connectivity index (χ2v) is 6.79. The van der Waals surface area contributed by atoms with E-state index in [1.807, 2.05) is 12.1 Å². The first kappa shape index (κ1) is 19.4. The highest BCUT2D eigenvalue weighted by Crippen LogP contribution is 2.11. The fraction of sp³-hybridized carbons (Fsp3) is 0.647. The molecule has 0 amide bonds. The Balaban J connectivity index is 1.98. The first-order valence-electron chi connectivity index (χ1n) is 8.62. The molecule has 0 spiro atoms. The SMILES string of the molecule is CN1CCOB(c2ccc(C[N+](C)(CCO)CCO)cc2)OCC1. The van der Waals surface area contributed by atoms with Crippen LogP contribution in [0.5, 0.6) is 0 Å². The van der Waals surface area contributed by atoms with Gasteiger partial charge in [0, 0.05) is 31.9 Å². The van der Waals surface area contributed by atoms with Crippen molar-refractivity contribution in [3.63, 3.8) is 0 Å². The molecule has 0 bridgehead atoms. The molecule has 2 rings (SSSR count). The smallest absolute Gasteiger partial charge is 0.406 e. The molecule has 1 aromatic carbocycles. The van der Waals surface area contributed by atoms with Crippen molar-refractivity contribution in [3.05, 3.63) is 29.8 Å². The maximum absolute atomic E-state index is 9.26. The number of aliphatic hydroxyl groups is 2. The van der Waals surface area contributed by atoms with Gasteiger partial charge < -0.3 is 28.9 Å². The minimum Gasteiger partial charge on any atom is -0.406 e. The number of aliphatic hydroxyl groups excluding tert-OH is 2. The molecule has 1 aromatic rings. The van der Waals surface area contributed by atoms with E-state index in [9.17, 15) is 10.2 Å². The van der Waals surface area contributed by atoms with Crippen LogP contribution in [0, 0.1) is 0 Å². The predicted molar refractivity (Wildman–Crippen MR) is 95.0 cm³/mol. The second kappa shape index (κ2) is 9.51. The van der Waals surface area contributed by atoms with Crippen LogP contribution in [0.25, 0.3) is 0 Å². The highest BCUT2D eigenvalue weighted by Gasteiger charge is 2.25.